The van der Waals surface area contributed by atoms with Crippen LogP contribution in [-0.2, 0) is 13.1 Å². The van der Waals surface area contributed by atoms with Crippen molar-refractivity contribution in [3.8, 4) is 23.1 Å². The topological polar surface area (TPSA) is 81.8 Å². The molecule has 2 amide bonds. The predicted molar refractivity (Wildman–Crippen MR) is 138 cm³/mol. The number of urea groups is 1. The number of methoxy groups -OCH3 is 1. The van der Waals surface area contributed by atoms with Gasteiger partial charge >= 0.3 is 6.03 Å². The molecular formula is C28H32N4O4. The van der Waals surface area contributed by atoms with Crippen LogP contribution in [0.25, 0.3) is 5.69 Å². The third-order valence-corrected chi connectivity index (χ3v) is 5.46. The van der Waals surface area contributed by atoms with Crippen LogP contribution >= 0.6 is 0 Å². The van der Waals surface area contributed by atoms with Crippen LogP contribution in [0.15, 0.2) is 77.4 Å². The lowest BCUT2D eigenvalue weighted by Crippen LogP contribution is -2.48. The molecule has 0 atom stereocenters. The summed E-state index contributed by atoms with van der Waals surface area (Å²) in [5.74, 6) is 2.34. The fraction of sp³-hybridized carbons (Fsp3) is 0.286. The predicted octanol–water partition coefficient (Wildman–Crippen LogP) is 6.08. The van der Waals surface area contributed by atoms with Crippen LogP contribution < -0.4 is 14.8 Å². The molecular weight excluding hydrogens is 456 g/mol. The van der Waals surface area contributed by atoms with E-state index in [1.807, 2.05) is 94.4 Å². The Morgan fingerprint density at radius 3 is 2.33 bits per heavy atom. The maximum Gasteiger partial charge on any atom is 0.318 e. The summed E-state index contributed by atoms with van der Waals surface area (Å²) in [6.45, 7) is 8.31. The van der Waals surface area contributed by atoms with Gasteiger partial charge in [0.2, 0.25) is 5.88 Å². The van der Waals surface area contributed by atoms with E-state index in [1.54, 1.807) is 23.0 Å². The fourth-order valence-corrected chi connectivity index (χ4v) is 3.76. The minimum absolute atomic E-state index is 0.214. The van der Waals surface area contributed by atoms with Gasteiger partial charge in [-0.05, 0) is 64.1 Å². The first kappa shape index (κ1) is 24.9. The molecule has 2 heterocycles. The summed E-state index contributed by atoms with van der Waals surface area (Å²) >= 11 is 0. The summed E-state index contributed by atoms with van der Waals surface area (Å²) in [5.41, 5.74) is 1.96. The molecule has 8 heteroatoms. The number of hydrogen-bond acceptors (Lipinski definition) is 5. The van der Waals surface area contributed by atoms with Gasteiger partial charge in [0.15, 0.2) is 11.5 Å². The van der Waals surface area contributed by atoms with Gasteiger partial charge in [-0.25, -0.2) is 9.48 Å². The average Bonchev–Trinajstić information content (AvgIpc) is 3.47. The second-order valence-electron chi connectivity index (χ2n) is 9.48. The van der Waals surface area contributed by atoms with Crippen molar-refractivity contribution in [1.29, 1.82) is 0 Å². The van der Waals surface area contributed by atoms with Gasteiger partial charge in [-0.3, -0.25) is 0 Å². The van der Waals surface area contributed by atoms with Gasteiger partial charge < -0.3 is 24.1 Å². The van der Waals surface area contributed by atoms with E-state index in [-0.39, 0.29) is 12.6 Å². The first-order chi connectivity index (χ1) is 17.2. The number of rotatable bonds is 8. The van der Waals surface area contributed by atoms with Crippen molar-refractivity contribution in [3.05, 3.63) is 90.0 Å². The van der Waals surface area contributed by atoms with E-state index in [0.29, 0.717) is 29.7 Å². The van der Waals surface area contributed by atoms with Crippen molar-refractivity contribution in [2.24, 2.45) is 0 Å². The maximum atomic E-state index is 13.3. The minimum Gasteiger partial charge on any atom is -0.493 e. The number of para-hydroxylation sites is 3. The number of amides is 2. The third-order valence-electron chi connectivity index (χ3n) is 5.46. The van der Waals surface area contributed by atoms with Crippen molar-refractivity contribution in [3.63, 3.8) is 0 Å². The molecule has 0 aliphatic rings. The SMILES string of the molecule is COc1ccccc1Oc1c(CN(Cc2ccco2)C(=O)NC(C)(C)C)c(C)nn1-c1ccccc1. The molecule has 36 heavy (non-hydrogen) atoms. The second kappa shape index (κ2) is 10.6. The van der Waals surface area contributed by atoms with Crippen molar-refractivity contribution < 1.29 is 18.7 Å². The normalized spacial score (nSPS) is 11.2. The lowest BCUT2D eigenvalue weighted by Gasteiger charge is -2.28. The van der Waals surface area contributed by atoms with E-state index in [4.69, 9.17) is 19.0 Å². The molecule has 4 aromatic rings. The number of carbonyl (C=O) groups excluding carboxylic acids is 1. The molecule has 8 nitrogen and oxygen atoms in total. The Kier molecular flexibility index (Phi) is 7.33. The molecule has 188 valence electrons. The highest BCUT2D eigenvalue weighted by Gasteiger charge is 2.26. The zero-order chi connectivity index (χ0) is 25.7. The maximum absolute atomic E-state index is 13.3. The molecule has 0 saturated carbocycles. The average molecular weight is 489 g/mol. The standard InChI is InChI=1S/C28H32N4O4/c1-20-23(19-31(18-22-14-11-17-35-22)27(33)29-28(2,3)4)26(32(30-20)21-12-7-6-8-13-21)36-25-16-10-9-15-24(25)34-5/h6-17H,18-19H2,1-5H3,(H,29,33). The summed E-state index contributed by atoms with van der Waals surface area (Å²) in [4.78, 5) is 15.0. The van der Waals surface area contributed by atoms with E-state index in [9.17, 15) is 4.79 Å². The van der Waals surface area contributed by atoms with Crippen LogP contribution in [0.1, 0.15) is 37.8 Å². The number of benzene rings is 2. The van der Waals surface area contributed by atoms with Gasteiger partial charge in [0.1, 0.15) is 5.76 Å². The summed E-state index contributed by atoms with van der Waals surface area (Å²) < 4.78 is 19.3. The monoisotopic (exact) mass is 488 g/mol. The van der Waals surface area contributed by atoms with Crippen molar-refractivity contribution >= 4 is 6.03 Å². The number of carbonyl (C=O) groups is 1. The van der Waals surface area contributed by atoms with Gasteiger partial charge in [-0.2, -0.15) is 5.10 Å². The Labute approximate surface area is 211 Å². The van der Waals surface area contributed by atoms with E-state index < -0.39 is 5.54 Å². The molecule has 0 aliphatic heterocycles. The largest absolute Gasteiger partial charge is 0.493 e. The van der Waals surface area contributed by atoms with E-state index >= 15 is 0 Å². The van der Waals surface area contributed by atoms with Crippen molar-refractivity contribution in [2.45, 2.75) is 46.3 Å². The number of furan rings is 1. The Hall–Kier alpha value is -4.20. The van der Waals surface area contributed by atoms with Crippen LogP contribution in [0.3, 0.4) is 0 Å². The molecule has 0 fully saturated rings. The molecule has 2 aromatic heterocycles. The Morgan fingerprint density at radius 2 is 1.69 bits per heavy atom. The highest BCUT2D eigenvalue weighted by Crippen LogP contribution is 2.36. The molecule has 0 spiro atoms. The number of nitrogens with one attached hydrogen (secondary N) is 1. The molecule has 0 radical (unpaired) electrons. The lowest BCUT2D eigenvalue weighted by molar-refractivity contribution is 0.177. The molecule has 0 bridgehead atoms. The van der Waals surface area contributed by atoms with Gasteiger partial charge in [-0.15, -0.1) is 0 Å². The van der Waals surface area contributed by atoms with Crippen molar-refractivity contribution in [2.75, 3.05) is 7.11 Å². The Morgan fingerprint density at radius 1 is 1.00 bits per heavy atom. The quantitative estimate of drug-likeness (QED) is 0.325. The first-order valence-corrected chi connectivity index (χ1v) is 11.8. The van der Waals surface area contributed by atoms with Gasteiger partial charge in [0, 0.05) is 5.54 Å². The van der Waals surface area contributed by atoms with Crippen LogP contribution in [0.4, 0.5) is 4.79 Å². The molecule has 0 aliphatic carbocycles. The van der Waals surface area contributed by atoms with E-state index in [1.165, 1.54) is 0 Å². The highest BCUT2D eigenvalue weighted by atomic mass is 16.5. The van der Waals surface area contributed by atoms with Gasteiger partial charge in [0.05, 0.1) is 43.4 Å². The van der Waals surface area contributed by atoms with Gasteiger partial charge in [0.25, 0.3) is 0 Å². The number of aryl methyl sites for hydroxylation is 1. The Bertz CT molecular complexity index is 1290. The fourth-order valence-electron chi connectivity index (χ4n) is 3.76. The first-order valence-electron chi connectivity index (χ1n) is 11.8. The molecule has 4 rings (SSSR count). The number of nitrogens with zero attached hydrogens (tertiary/aromatic N) is 3. The second-order valence-corrected chi connectivity index (χ2v) is 9.48. The minimum atomic E-state index is -0.404. The zero-order valence-electron chi connectivity index (χ0n) is 21.3. The third kappa shape index (κ3) is 5.89. The van der Waals surface area contributed by atoms with Crippen LogP contribution in [0.2, 0.25) is 0 Å². The number of ether oxygens (including phenoxy) is 2. The molecule has 2 aromatic carbocycles. The summed E-state index contributed by atoms with van der Waals surface area (Å²) in [7, 11) is 1.60. The molecule has 0 unspecified atom stereocenters. The summed E-state index contributed by atoms with van der Waals surface area (Å²) in [6, 6.07) is 20.6. The Balaban J connectivity index is 1.77. The lowest BCUT2D eigenvalue weighted by atomic mass is 10.1. The van der Waals surface area contributed by atoms with Crippen LogP contribution in [0.5, 0.6) is 17.4 Å². The summed E-state index contributed by atoms with van der Waals surface area (Å²) in [5, 5.41) is 7.84. The summed E-state index contributed by atoms with van der Waals surface area (Å²) in [6.07, 6.45) is 1.60. The van der Waals surface area contributed by atoms with E-state index in [0.717, 1.165) is 16.9 Å². The molecule has 0 saturated heterocycles. The van der Waals surface area contributed by atoms with E-state index in [2.05, 4.69) is 5.32 Å². The number of aromatic nitrogens is 2. The number of hydrogen-bond donors (Lipinski definition) is 1. The smallest absolute Gasteiger partial charge is 0.318 e. The zero-order valence-corrected chi connectivity index (χ0v) is 21.3. The van der Waals surface area contributed by atoms with Gasteiger partial charge in [-0.1, -0.05) is 30.3 Å². The van der Waals surface area contributed by atoms with Crippen LogP contribution in [-0.4, -0.2) is 33.4 Å². The van der Waals surface area contributed by atoms with Crippen LogP contribution in [0, 0.1) is 6.92 Å². The highest BCUT2D eigenvalue weighted by molar-refractivity contribution is 5.75. The molecule has 1 N–H and O–H groups in total. The van der Waals surface area contributed by atoms with Crippen molar-refractivity contribution in [1.82, 2.24) is 20.0 Å².